The molecular formula is C35H26N2. The van der Waals surface area contributed by atoms with Gasteiger partial charge in [-0.3, -0.25) is 0 Å². The van der Waals surface area contributed by atoms with Gasteiger partial charge in [0.1, 0.15) is 0 Å². The van der Waals surface area contributed by atoms with Crippen LogP contribution in [0.5, 0.6) is 0 Å². The van der Waals surface area contributed by atoms with E-state index in [0.717, 1.165) is 50.3 Å². The van der Waals surface area contributed by atoms with Crippen molar-refractivity contribution in [3.8, 4) is 0 Å². The molecule has 0 aliphatic heterocycles. The van der Waals surface area contributed by atoms with Crippen molar-refractivity contribution in [2.24, 2.45) is 9.98 Å². The molecule has 0 spiro atoms. The lowest BCUT2D eigenvalue weighted by Gasteiger charge is -2.05. The van der Waals surface area contributed by atoms with Gasteiger partial charge in [-0.25, -0.2) is 9.98 Å². The third-order valence-electron chi connectivity index (χ3n) is 6.02. The summed E-state index contributed by atoms with van der Waals surface area (Å²) >= 11 is 0. The summed E-state index contributed by atoms with van der Waals surface area (Å²) < 4.78 is 0. The van der Waals surface area contributed by atoms with E-state index in [0.29, 0.717) is 0 Å². The van der Waals surface area contributed by atoms with Gasteiger partial charge in [0.15, 0.2) is 0 Å². The van der Waals surface area contributed by atoms with Gasteiger partial charge in [0.05, 0.1) is 22.5 Å². The minimum absolute atomic E-state index is 0.830. The summed E-state index contributed by atoms with van der Waals surface area (Å²) in [6.07, 6.45) is 0. The molecule has 0 aliphatic rings. The van der Waals surface area contributed by atoms with Crippen molar-refractivity contribution in [1.82, 2.24) is 0 Å². The van der Waals surface area contributed by atoms with E-state index in [1.54, 1.807) is 0 Å². The first-order valence-corrected chi connectivity index (χ1v) is 12.3. The summed E-state index contributed by atoms with van der Waals surface area (Å²) in [6, 6.07) is 47.0. The first-order chi connectivity index (χ1) is 18.3. The molecule has 0 aromatic heterocycles. The summed E-state index contributed by atoms with van der Waals surface area (Å²) in [5.41, 5.74) is 8.95. The second-order valence-corrected chi connectivity index (χ2v) is 8.63. The minimum Gasteiger partial charge on any atom is -0.206 e. The highest BCUT2D eigenvalue weighted by molar-refractivity contribution is 6.00. The fraction of sp³-hybridized carbons (Fsp3) is 0.0286. The van der Waals surface area contributed by atoms with E-state index in [1.807, 2.05) is 97.9 Å². The number of hydrogen-bond acceptors (Lipinski definition) is 2. The van der Waals surface area contributed by atoms with Gasteiger partial charge < -0.3 is 0 Å². The minimum atomic E-state index is 0.830. The number of aryl methyl sites for hydroxylation is 1. The van der Waals surface area contributed by atoms with E-state index >= 15 is 0 Å². The maximum Gasteiger partial charge on any atom is 0.0760 e. The number of benzene rings is 5. The van der Waals surface area contributed by atoms with Crippen LogP contribution in [0, 0.1) is 6.92 Å². The van der Waals surface area contributed by atoms with Gasteiger partial charge >= 0.3 is 0 Å². The average Bonchev–Trinajstić information content (AvgIpc) is 2.96. The van der Waals surface area contributed by atoms with Crippen molar-refractivity contribution < 1.29 is 0 Å². The number of aliphatic imine (C=N–C) groups is 2. The molecule has 2 heteroatoms. The van der Waals surface area contributed by atoms with E-state index in [1.165, 1.54) is 0 Å². The molecule has 0 saturated carbocycles. The Morgan fingerprint density at radius 3 is 1.22 bits per heavy atom. The quantitative estimate of drug-likeness (QED) is 0.220. The van der Waals surface area contributed by atoms with Crippen LogP contribution in [0.2, 0.25) is 0 Å². The first kappa shape index (κ1) is 23.7. The molecule has 0 radical (unpaired) electrons. The van der Waals surface area contributed by atoms with E-state index in [2.05, 4.69) is 60.3 Å². The highest BCUT2D eigenvalue weighted by atomic mass is 14.7. The molecule has 0 fully saturated rings. The fourth-order valence-electron chi connectivity index (χ4n) is 4.08. The van der Waals surface area contributed by atoms with Crippen LogP contribution in [0.3, 0.4) is 0 Å². The van der Waals surface area contributed by atoms with Crippen molar-refractivity contribution >= 4 is 34.3 Å². The molecule has 0 amide bonds. The van der Waals surface area contributed by atoms with Crippen molar-refractivity contribution in [2.45, 2.75) is 6.92 Å². The van der Waals surface area contributed by atoms with Crippen LogP contribution < -0.4 is 0 Å². The molecule has 176 valence electrons. The zero-order chi connectivity index (χ0) is 25.3. The van der Waals surface area contributed by atoms with Gasteiger partial charge in [-0.2, -0.15) is 0 Å². The van der Waals surface area contributed by atoms with Gasteiger partial charge in [-0.1, -0.05) is 121 Å². The predicted molar refractivity (Wildman–Crippen MR) is 156 cm³/mol. The van der Waals surface area contributed by atoms with Crippen LogP contribution >= 0.6 is 0 Å². The van der Waals surface area contributed by atoms with Gasteiger partial charge in [-0.05, 0) is 64.7 Å². The van der Waals surface area contributed by atoms with Crippen molar-refractivity contribution in [2.75, 3.05) is 0 Å². The summed E-state index contributed by atoms with van der Waals surface area (Å²) in [6.45, 7) is 2.04. The monoisotopic (exact) mass is 474 g/mol. The SMILES string of the molecule is Cc1cc(N=C=C(c2ccccc2)c2ccccc2)ccc1N=C=C(c1ccccc1)c1ccccc1. The molecule has 5 aromatic carbocycles. The Hall–Kier alpha value is -5.00. The molecular weight excluding hydrogens is 448 g/mol. The lowest BCUT2D eigenvalue weighted by molar-refractivity contribution is 1.39. The zero-order valence-corrected chi connectivity index (χ0v) is 20.7. The molecule has 0 atom stereocenters. The van der Waals surface area contributed by atoms with Crippen LogP contribution in [0.15, 0.2) is 150 Å². The molecule has 5 rings (SSSR count). The van der Waals surface area contributed by atoms with E-state index in [-0.39, 0.29) is 0 Å². The van der Waals surface area contributed by atoms with Crippen LogP contribution in [0.1, 0.15) is 27.8 Å². The summed E-state index contributed by atoms with van der Waals surface area (Å²) in [4.78, 5) is 9.43. The molecule has 2 nitrogen and oxygen atoms in total. The predicted octanol–water partition coefficient (Wildman–Crippen LogP) is 8.86. The van der Waals surface area contributed by atoms with Gasteiger partial charge in [0.2, 0.25) is 0 Å². The highest BCUT2D eigenvalue weighted by Crippen LogP contribution is 2.26. The maximum atomic E-state index is 4.74. The third-order valence-corrected chi connectivity index (χ3v) is 6.02. The Kier molecular flexibility index (Phi) is 7.45. The molecule has 0 bridgehead atoms. The number of hydrogen-bond donors (Lipinski definition) is 0. The zero-order valence-electron chi connectivity index (χ0n) is 20.7. The van der Waals surface area contributed by atoms with Crippen molar-refractivity contribution in [1.29, 1.82) is 0 Å². The average molecular weight is 475 g/mol. The molecule has 5 aromatic rings. The second kappa shape index (κ2) is 11.6. The lowest BCUT2D eigenvalue weighted by Crippen LogP contribution is -1.88. The Bertz CT molecular complexity index is 1520. The van der Waals surface area contributed by atoms with Crippen LogP contribution in [-0.4, -0.2) is 11.7 Å². The van der Waals surface area contributed by atoms with Gasteiger partial charge in [0, 0.05) is 0 Å². The maximum absolute atomic E-state index is 4.74. The topological polar surface area (TPSA) is 24.7 Å². The smallest absolute Gasteiger partial charge is 0.0760 e. The summed E-state index contributed by atoms with van der Waals surface area (Å²) in [5.74, 6) is 6.61. The Balaban J connectivity index is 1.52. The number of nitrogens with zero attached hydrogens (tertiary/aromatic N) is 2. The normalized spacial score (nSPS) is 10.1. The molecule has 0 heterocycles. The molecule has 0 aliphatic carbocycles. The molecule has 37 heavy (non-hydrogen) atoms. The second-order valence-electron chi connectivity index (χ2n) is 8.63. The van der Waals surface area contributed by atoms with Gasteiger partial charge in [0.25, 0.3) is 0 Å². The van der Waals surface area contributed by atoms with E-state index in [9.17, 15) is 0 Å². The number of rotatable bonds is 6. The van der Waals surface area contributed by atoms with Gasteiger partial charge in [-0.15, -0.1) is 0 Å². The Labute approximate surface area is 218 Å². The third kappa shape index (κ3) is 5.99. The van der Waals surface area contributed by atoms with Crippen LogP contribution in [0.25, 0.3) is 11.1 Å². The Morgan fingerprint density at radius 2 is 0.838 bits per heavy atom. The van der Waals surface area contributed by atoms with E-state index in [4.69, 9.17) is 9.98 Å². The first-order valence-electron chi connectivity index (χ1n) is 12.3. The van der Waals surface area contributed by atoms with Crippen LogP contribution in [0.4, 0.5) is 11.4 Å². The standard InChI is InChI=1S/C35H26N2/c1-27-24-32(36-25-33(28-14-6-2-7-15-28)29-16-8-3-9-17-29)22-23-35(27)37-26-34(30-18-10-4-11-19-30)31-20-12-5-13-21-31/h2-24H,1H3. The Morgan fingerprint density at radius 1 is 0.459 bits per heavy atom. The highest BCUT2D eigenvalue weighted by Gasteiger charge is 2.06. The molecule has 0 saturated heterocycles. The summed E-state index contributed by atoms with van der Waals surface area (Å²) in [7, 11) is 0. The molecule has 0 N–H and O–H groups in total. The fourth-order valence-corrected chi connectivity index (χ4v) is 4.08. The van der Waals surface area contributed by atoms with Crippen molar-refractivity contribution in [3.05, 3.63) is 167 Å². The molecule has 0 unspecified atom stereocenters. The largest absolute Gasteiger partial charge is 0.206 e. The van der Waals surface area contributed by atoms with E-state index < -0.39 is 0 Å². The lowest BCUT2D eigenvalue weighted by atomic mass is 9.99. The van der Waals surface area contributed by atoms with Crippen LogP contribution in [-0.2, 0) is 0 Å². The van der Waals surface area contributed by atoms with Crippen molar-refractivity contribution in [3.63, 3.8) is 0 Å². The summed E-state index contributed by atoms with van der Waals surface area (Å²) in [5, 5.41) is 0.